The summed E-state index contributed by atoms with van der Waals surface area (Å²) in [4.78, 5) is 37.7. The first kappa shape index (κ1) is 21.6. The Morgan fingerprint density at radius 2 is 1.90 bits per heavy atom. The summed E-state index contributed by atoms with van der Waals surface area (Å²) in [7, 11) is 0. The Balaban J connectivity index is 1.87. The highest BCUT2D eigenvalue weighted by Crippen LogP contribution is 2.45. The van der Waals surface area contributed by atoms with Gasteiger partial charge in [-0.2, -0.15) is 0 Å². The third kappa shape index (κ3) is 4.25. The van der Waals surface area contributed by atoms with Crippen LogP contribution in [0.25, 0.3) is 0 Å². The second kappa shape index (κ2) is 8.30. The lowest BCUT2D eigenvalue weighted by molar-refractivity contribution is -0.146. The second-order valence-electron chi connectivity index (χ2n) is 8.84. The van der Waals surface area contributed by atoms with Gasteiger partial charge < -0.3 is 16.2 Å². The first-order valence-electron chi connectivity index (χ1n) is 10.3. The molecule has 0 fully saturated rings. The maximum Gasteiger partial charge on any atom is 0.307 e. The van der Waals surface area contributed by atoms with Gasteiger partial charge in [0, 0.05) is 4.88 Å². The number of hydrogen-bond acceptors (Lipinski definition) is 4. The Labute approximate surface area is 175 Å². The summed E-state index contributed by atoms with van der Waals surface area (Å²) in [6.07, 6.45) is 8.09. The largest absolute Gasteiger partial charge is 0.481 e. The number of hydrogen-bond donors (Lipinski definition) is 3. The molecule has 2 aliphatic carbocycles. The van der Waals surface area contributed by atoms with Gasteiger partial charge in [-0.15, -0.1) is 11.3 Å². The fourth-order valence-electron chi connectivity index (χ4n) is 4.47. The number of amides is 2. The number of carboxylic acid groups (broad SMARTS) is 1. The van der Waals surface area contributed by atoms with Crippen LogP contribution < -0.4 is 11.1 Å². The van der Waals surface area contributed by atoms with E-state index in [0.29, 0.717) is 29.3 Å². The summed E-state index contributed by atoms with van der Waals surface area (Å²) in [6.45, 7) is 6.75. The molecule has 29 heavy (non-hydrogen) atoms. The molecule has 1 heterocycles. The standard InChI is InChI=1S/C22H30N2O4S/c1-4-22(2,3)12-9-10-15-16(11-12)29-20(17(15)18(23)25)24-19(26)13-7-5-6-8-14(13)21(27)28/h5-6,12-14H,4,7-11H2,1-3H3,(H2,23,25)(H,24,26)(H,27,28)/t12-,13-,14+/m1/s1. The summed E-state index contributed by atoms with van der Waals surface area (Å²) in [5.74, 6) is -2.74. The maximum atomic E-state index is 12.9. The van der Waals surface area contributed by atoms with Gasteiger partial charge in [0.1, 0.15) is 5.00 Å². The number of rotatable bonds is 6. The number of thiophene rings is 1. The summed E-state index contributed by atoms with van der Waals surface area (Å²) < 4.78 is 0. The molecule has 158 valence electrons. The van der Waals surface area contributed by atoms with Crippen molar-refractivity contribution in [3.63, 3.8) is 0 Å². The molecule has 1 aromatic heterocycles. The Hall–Kier alpha value is -2.15. The molecule has 0 saturated carbocycles. The van der Waals surface area contributed by atoms with Crippen molar-refractivity contribution in [1.82, 2.24) is 0 Å². The summed E-state index contributed by atoms with van der Waals surface area (Å²) >= 11 is 1.42. The van der Waals surface area contributed by atoms with Crippen molar-refractivity contribution in [2.45, 2.75) is 59.3 Å². The van der Waals surface area contributed by atoms with E-state index in [9.17, 15) is 19.5 Å². The van der Waals surface area contributed by atoms with Gasteiger partial charge >= 0.3 is 5.97 Å². The number of fused-ring (bicyclic) bond motifs is 1. The van der Waals surface area contributed by atoms with E-state index in [1.54, 1.807) is 6.08 Å². The van der Waals surface area contributed by atoms with Crippen LogP contribution in [0.2, 0.25) is 0 Å². The van der Waals surface area contributed by atoms with Gasteiger partial charge in [0.25, 0.3) is 5.91 Å². The molecule has 0 bridgehead atoms. The highest BCUT2D eigenvalue weighted by molar-refractivity contribution is 7.17. The smallest absolute Gasteiger partial charge is 0.307 e. The SMILES string of the molecule is CCC(C)(C)[C@@H]1CCc2c(sc(NC(=O)[C@@H]3CC=CC[C@@H]3C(=O)O)c2C(N)=O)C1. The number of primary amides is 1. The van der Waals surface area contributed by atoms with E-state index in [0.717, 1.165) is 36.1 Å². The van der Waals surface area contributed by atoms with Crippen LogP contribution in [0.15, 0.2) is 12.2 Å². The van der Waals surface area contributed by atoms with Gasteiger partial charge in [-0.1, -0.05) is 39.3 Å². The first-order valence-corrected chi connectivity index (χ1v) is 11.1. The van der Waals surface area contributed by atoms with Crippen molar-refractivity contribution >= 4 is 34.1 Å². The van der Waals surface area contributed by atoms with Crippen LogP contribution in [0, 0.1) is 23.2 Å². The zero-order valence-corrected chi connectivity index (χ0v) is 18.1. The van der Waals surface area contributed by atoms with Gasteiger partial charge in [0.05, 0.1) is 17.4 Å². The van der Waals surface area contributed by atoms with Crippen molar-refractivity contribution in [1.29, 1.82) is 0 Å². The number of carbonyl (C=O) groups excluding carboxylic acids is 2. The second-order valence-corrected chi connectivity index (χ2v) is 9.94. The summed E-state index contributed by atoms with van der Waals surface area (Å²) in [5, 5.41) is 12.8. The van der Waals surface area contributed by atoms with Crippen molar-refractivity contribution in [2.75, 3.05) is 5.32 Å². The minimum absolute atomic E-state index is 0.209. The Kier molecular flexibility index (Phi) is 6.17. The first-order chi connectivity index (χ1) is 13.7. The lowest BCUT2D eigenvalue weighted by Crippen LogP contribution is -2.35. The van der Waals surface area contributed by atoms with Crippen molar-refractivity contribution in [3.8, 4) is 0 Å². The van der Waals surface area contributed by atoms with E-state index in [-0.39, 0.29) is 11.3 Å². The van der Waals surface area contributed by atoms with E-state index in [2.05, 4.69) is 26.1 Å². The molecule has 0 saturated heterocycles. The van der Waals surface area contributed by atoms with Crippen LogP contribution in [0.4, 0.5) is 5.00 Å². The Morgan fingerprint density at radius 3 is 2.48 bits per heavy atom. The lowest BCUT2D eigenvalue weighted by atomic mass is 9.69. The Morgan fingerprint density at radius 1 is 1.24 bits per heavy atom. The fourth-order valence-corrected chi connectivity index (χ4v) is 5.81. The fraction of sp³-hybridized carbons (Fsp3) is 0.591. The van der Waals surface area contributed by atoms with Crippen molar-refractivity contribution in [2.24, 2.45) is 28.9 Å². The molecule has 2 amide bonds. The lowest BCUT2D eigenvalue weighted by Gasteiger charge is -2.36. The average molecular weight is 419 g/mol. The molecule has 3 atom stereocenters. The quantitative estimate of drug-likeness (QED) is 0.607. The molecule has 4 N–H and O–H groups in total. The van der Waals surface area contributed by atoms with E-state index in [1.165, 1.54) is 11.3 Å². The molecule has 6 nitrogen and oxygen atoms in total. The van der Waals surface area contributed by atoms with Crippen LogP contribution in [0.3, 0.4) is 0 Å². The molecular weight excluding hydrogens is 388 g/mol. The molecule has 0 unspecified atom stereocenters. The third-order valence-corrected chi connectivity index (χ3v) is 8.02. The molecular formula is C22H30N2O4S. The summed E-state index contributed by atoms with van der Waals surface area (Å²) in [5.41, 5.74) is 7.24. The van der Waals surface area contributed by atoms with Gasteiger partial charge in [0.15, 0.2) is 0 Å². The number of allylic oxidation sites excluding steroid dienone is 2. The summed E-state index contributed by atoms with van der Waals surface area (Å²) in [6, 6.07) is 0. The van der Waals surface area contributed by atoms with E-state index >= 15 is 0 Å². The predicted molar refractivity (Wildman–Crippen MR) is 114 cm³/mol. The van der Waals surface area contributed by atoms with Crippen molar-refractivity contribution < 1.29 is 19.5 Å². The molecule has 2 aliphatic rings. The van der Waals surface area contributed by atoms with Crippen LogP contribution in [0.1, 0.15) is 67.3 Å². The van der Waals surface area contributed by atoms with E-state index < -0.39 is 23.7 Å². The minimum atomic E-state index is -0.972. The van der Waals surface area contributed by atoms with Crippen LogP contribution >= 0.6 is 11.3 Å². The Bertz CT molecular complexity index is 855. The monoisotopic (exact) mass is 418 g/mol. The molecule has 3 rings (SSSR count). The zero-order chi connectivity index (χ0) is 21.3. The van der Waals surface area contributed by atoms with Gasteiger partial charge in [-0.3, -0.25) is 14.4 Å². The van der Waals surface area contributed by atoms with Crippen LogP contribution in [-0.2, 0) is 22.4 Å². The van der Waals surface area contributed by atoms with E-state index in [4.69, 9.17) is 5.73 Å². The number of aliphatic carboxylic acids is 1. The maximum absolute atomic E-state index is 12.9. The highest BCUT2D eigenvalue weighted by atomic mass is 32.1. The van der Waals surface area contributed by atoms with Crippen LogP contribution in [0.5, 0.6) is 0 Å². The molecule has 0 aliphatic heterocycles. The third-order valence-electron chi connectivity index (χ3n) is 6.85. The van der Waals surface area contributed by atoms with Gasteiger partial charge in [-0.25, -0.2) is 0 Å². The molecule has 0 radical (unpaired) electrons. The number of anilines is 1. The molecule has 1 aromatic rings. The van der Waals surface area contributed by atoms with E-state index in [1.807, 2.05) is 6.08 Å². The predicted octanol–water partition coefficient (Wildman–Crippen LogP) is 3.99. The van der Waals surface area contributed by atoms with Gasteiger partial charge in [0.2, 0.25) is 5.91 Å². The molecule has 0 spiro atoms. The minimum Gasteiger partial charge on any atom is -0.481 e. The molecule has 0 aromatic carbocycles. The number of carbonyl (C=O) groups is 3. The average Bonchev–Trinajstić information content (AvgIpc) is 3.04. The number of carboxylic acids is 1. The highest BCUT2D eigenvalue weighted by Gasteiger charge is 2.37. The normalized spacial score (nSPS) is 24.0. The van der Waals surface area contributed by atoms with Gasteiger partial charge in [-0.05, 0) is 49.0 Å². The van der Waals surface area contributed by atoms with Crippen LogP contribution in [-0.4, -0.2) is 22.9 Å². The number of nitrogens with one attached hydrogen (secondary N) is 1. The number of nitrogens with two attached hydrogens (primary N) is 1. The van der Waals surface area contributed by atoms with Crippen molar-refractivity contribution in [3.05, 3.63) is 28.2 Å². The molecule has 7 heteroatoms. The topological polar surface area (TPSA) is 109 Å². The zero-order valence-electron chi connectivity index (χ0n) is 17.3.